The number of carbonyl (C=O) groups is 2. The van der Waals surface area contributed by atoms with E-state index >= 15 is 0 Å². The van der Waals surface area contributed by atoms with Crippen molar-refractivity contribution in [1.82, 2.24) is 19.6 Å². The van der Waals surface area contributed by atoms with Crippen LogP contribution in [-0.2, 0) is 35.4 Å². The van der Waals surface area contributed by atoms with Crippen LogP contribution in [0.5, 0.6) is 5.75 Å². The average molecular weight is 655 g/mol. The molecule has 14 nitrogen and oxygen atoms in total. The smallest absolute Gasteiger partial charge is 0.380 e. The Morgan fingerprint density at radius 3 is 2.70 bits per heavy atom. The van der Waals surface area contributed by atoms with Crippen molar-refractivity contribution in [3.05, 3.63) is 52.1 Å². The Morgan fingerprint density at radius 1 is 1.35 bits per heavy atom. The van der Waals surface area contributed by atoms with Gasteiger partial charge in [-0.2, -0.15) is 5.26 Å². The molecule has 2 aromatic heterocycles. The lowest BCUT2D eigenvalue weighted by atomic mass is 9.95. The Kier molecular flexibility index (Phi) is 9.37. The van der Waals surface area contributed by atoms with Gasteiger partial charge in [-0.15, -0.1) is 5.10 Å². The Labute approximate surface area is 255 Å². The maximum atomic E-state index is 14.1. The van der Waals surface area contributed by atoms with Gasteiger partial charge in [0.05, 0.1) is 19.0 Å². The van der Waals surface area contributed by atoms with Crippen LogP contribution in [0, 0.1) is 17.2 Å². The van der Waals surface area contributed by atoms with Crippen LogP contribution in [0.1, 0.15) is 38.4 Å². The molecule has 0 saturated carbocycles. The quantitative estimate of drug-likeness (QED) is 0.190. The topological polar surface area (TPSA) is 212 Å². The number of anilines is 1. The highest BCUT2D eigenvalue weighted by molar-refractivity contribution is 7.54. The number of halogens is 2. The number of aromatic nitrogens is 4. The van der Waals surface area contributed by atoms with Crippen molar-refractivity contribution < 1.29 is 33.0 Å². The first-order valence-corrected chi connectivity index (χ1v) is 15.5. The number of benzene rings is 1. The summed E-state index contributed by atoms with van der Waals surface area (Å²) in [4.78, 5) is 42.2. The molecule has 4 N–H and O–H groups in total. The number of carbonyl (C=O) groups excluding carboxylic acids is 2. The second kappa shape index (κ2) is 12.4. The summed E-state index contributed by atoms with van der Waals surface area (Å²) in [6, 6.07) is 8.49. The van der Waals surface area contributed by atoms with E-state index in [1.54, 1.807) is 31.2 Å². The monoisotopic (exact) mass is 654 g/mol. The molecule has 1 aliphatic rings. The van der Waals surface area contributed by atoms with Gasteiger partial charge in [0.25, 0.3) is 5.56 Å². The average Bonchev–Trinajstić information content (AvgIpc) is 3.44. The number of hydrogen-bond donors (Lipinski definition) is 3. The zero-order valence-corrected chi connectivity index (χ0v) is 25.7. The molecule has 230 valence electrons. The van der Waals surface area contributed by atoms with Gasteiger partial charge < -0.3 is 24.9 Å². The summed E-state index contributed by atoms with van der Waals surface area (Å²) < 4.78 is 30.2. The van der Waals surface area contributed by atoms with Crippen LogP contribution >= 0.6 is 30.8 Å². The van der Waals surface area contributed by atoms with Crippen LogP contribution in [0.2, 0.25) is 0 Å². The van der Waals surface area contributed by atoms with Crippen molar-refractivity contribution in [3.8, 4) is 11.8 Å². The van der Waals surface area contributed by atoms with Crippen LogP contribution in [0.3, 0.4) is 0 Å². The first-order valence-electron chi connectivity index (χ1n) is 13.0. The number of para-hydroxylation sites is 1. The lowest BCUT2D eigenvalue weighted by Crippen LogP contribution is -2.46. The highest BCUT2D eigenvalue weighted by atomic mass is 35.5. The molecular weight excluding hydrogens is 626 g/mol. The summed E-state index contributed by atoms with van der Waals surface area (Å²) in [5.41, 5.74) is 2.72. The van der Waals surface area contributed by atoms with Crippen molar-refractivity contribution in [1.29, 1.82) is 5.26 Å². The van der Waals surface area contributed by atoms with Gasteiger partial charge in [0.15, 0.2) is 4.33 Å². The number of alkyl halides is 2. The Hall–Kier alpha value is -3.31. The van der Waals surface area contributed by atoms with Crippen molar-refractivity contribution in [2.75, 3.05) is 18.5 Å². The number of nitrogens with two attached hydrogens (primary N) is 1. The summed E-state index contributed by atoms with van der Waals surface area (Å²) in [5, 5.41) is 25.3. The number of ketones is 2. The van der Waals surface area contributed by atoms with E-state index in [1.165, 1.54) is 13.8 Å². The first-order chi connectivity index (χ1) is 20.1. The zero-order valence-electron chi connectivity index (χ0n) is 23.3. The van der Waals surface area contributed by atoms with Crippen LogP contribution in [-0.4, -0.2) is 65.6 Å². The number of ether oxygens (including phenoxy) is 1. The number of nitrogens with one attached hydrogen (secondary N) is 1. The number of aliphatic hydroxyl groups excluding tert-OH is 1. The largest absolute Gasteiger partial charge is 0.424 e. The number of H-pyrrole nitrogens is 1. The number of nitrogens with zero attached hydrogens (tertiary/aromatic N) is 4. The fourth-order valence-electron chi connectivity index (χ4n) is 4.50. The predicted octanol–water partition coefficient (Wildman–Crippen LogP) is 2.69. The van der Waals surface area contributed by atoms with Crippen LogP contribution in [0.15, 0.2) is 35.3 Å². The number of rotatable bonds is 12. The normalized spacial score (nSPS) is 23.4. The molecule has 0 spiro atoms. The van der Waals surface area contributed by atoms with E-state index in [1.807, 2.05) is 6.07 Å². The molecule has 5 atom stereocenters. The third-order valence-corrected chi connectivity index (χ3v) is 10.0. The van der Waals surface area contributed by atoms with Gasteiger partial charge in [-0.1, -0.05) is 48.3 Å². The summed E-state index contributed by atoms with van der Waals surface area (Å²) in [6.07, 6.45) is -1.99. The maximum absolute atomic E-state index is 14.1. The van der Waals surface area contributed by atoms with Crippen molar-refractivity contribution in [2.45, 2.75) is 55.8 Å². The number of aromatic amines is 1. The molecule has 4 rings (SSSR count). The minimum atomic E-state index is -4.17. The first kappa shape index (κ1) is 32.6. The second-order valence-corrected chi connectivity index (χ2v) is 13.7. The number of aliphatic hydroxyl groups is 1. The standard InChI is InChI=1S/C26H29Cl2N6O8P/c1-14(16(3)36)12-43(39,42-18-7-5-4-6-17(18)9-8-15(2)35)40-11-19-21(37)26(27,28)25(13-29,41-19)20-10-31-22-23(38)32-24(30)33-34(20)22/h4-7,10,14,19,21,37H,8-9,11-12H2,1-3H3,(H3,30,32,33,38)/t14-,19-,21+,25+,43?/m1/s1. The number of nitriles is 1. The number of imidazole rings is 1. The number of fused-ring (bicyclic) bond motifs is 1. The fourth-order valence-corrected chi connectivity index (χ4v) is 7.16. The second-order valence-electron chi connectivity index (χ2n) is 10.2. The molecule has 43 heavy (non-hydrogen) atoms. The molecule has 1 aliphatic heterocycles. The van der Waals surface area contributed by atoms with Gasteiger partial charge >= 0.3 is 7.60 Å². The Morgan fingerprint density at radius 2 is 2.05 bits per heavy atom. The van der Waals surface area contributed by atoms with E-state index in [0.717, 1.165) is 10.7 Å². The molecule has 0 bridgehead atoms. The number of nitrogen functional groups attached to an aromatic ring is 1. The highest BCUT2D eigenvalue weighted by Gasteiger charge is 2.68. The van der Waals surface area contributed by atoms with Gasteiger partial charge in [-0.3, -0.25) is 19.1 Å². The fraction of sp³-hybridized carbons (Fsp3) is 0.462. The van der Waals surface area contributed by atoms with Gasteiger partial charge in [0.1, 0.15) is 41.3 Å². The van der Waals surface area contributed by atoms with E-state index in [9.17, 15) is 29.3 Å². The molecule has 1 fully saturated rings. The molecule has 1 unspecified atom stereocenters. The number of Topliss-reactive ketones (excluding diaryl/α,β-unsaturated/α-hetero) is 2. The zero-order chi connectivity index (χ0) is 31.7. The molecule has 0 radical (unpaired) electrons. The summed E-state index contributed by atoms with van der Waals surface area (Å²) >= 11 is 13.1. The van der Waals surface area contributed by atoms with E-state index in [-0.39, 0.29) is 47.2 Å². The van der Waals surface area contributed by atoms with Crippen LogP contribution < -0.4 is 15.8 Å². The van der Waals surface area contributed by atoms with Crippen molar-refractivity contribution >= 4 is 54.0 Å². The lowest BCUT2D eigenvalue weighted by molar-refractivity contribution is -0.120. The highest BCUT2D eigenvalue weighted by Crippen LogP contribution is 2.56. The Balaban J connectivity index is 1.66. The van der Waals surface area contributed by atoms with E-state index in [2.05, 4.69) is 15.1 Å². The van der Waals surface area contributed by atoms with E-state index in [0.29, 0.717) is 12.0 Å². The van der Waals surface area contributed by atoms with Gasteiger partial charge in [-0.25, -0.2) is 14.1 Å². The number of aryl methyl sites for hydroxylation is 1. The minimum absolute atomic E-state index is 0.0492. The van der Waals surface area contributed by atoms with Gasteiger partial charge in [0, 0.05) is 12.3 Å². The molecule has 0 aliphatic carbocycles. The minimum Gasteiger partial charge on any atom is -0.424 e. The van der Waals surface area contributed by atoms with Gasteiger partial charge in [-0.05, 0) is 31.9 Å². The molecule has 3 aromatic rings. The molecule has 3 heterocycles. The summed E-state index contributed by atoms with van der Waals surface area (Å²) in [5.74, 6) is -1.18. The molecule has 1 aromatic carbocycles. The van der Waals surface area contributed by atoms with Gasteiger partial charge in [0.2, 0.25) is 17.2 Å². The number of hydrogen-bond acceptors (Lipinski definition) is 12. The predicted molar refractivity (Wildman–Crippen MR) is 155 cm³/mol. The summed E-state index contributed by atoms with van der Waals surface area (Å²) in [7, 11) is -4.17. The van der Waals surface area contributed by atoms with E-state index < -0.39 is 47.8 Å². The molecule has 0 amide bonds. The molecule has 17 heteroatoms. The third-order valence-electron chi connectivity index (χ3n) is 7.01. The summed E-state index contributed by atoms with van der Waals surface area (Å²) in [6.45, 7) is 3.69. The SMILES string of the molecule is CC(=O)CCc1ccccc1OP(=O)(C[C@@H](C)C(C)=O)OC[C@H]1O[C@@](C#N)(c2cnc3c(=O)[nH]c(N)nn23)C(Cl)(Cl)[C@H]1O. The third kappa shape index (κ3) is 6.33. The van der Waals surface area contributed by atoms with E-state index in [4.69, 9.17) is 42.7 Å². The Bertz CT molecular complexity index is 1700. The van der Waals surface area contributed by atoms with Crippen LogP contribution in [0.25, 0.3) is 5.65 Å². The van der Waals surface area contributed by atoms with Crippen molar-refractivity contribution in [3.63, 3.8) is 0 Å². The maximum Gasteiger partial charge on any atom is 0.380 e. The van der Waals surface area contributed by atoms with Crippen LogP contribution in [0.4, 0.5) is 5.95 Å². The molecular formula is C26H29Cl2N6O8P. The van der Waals surface area contributed by atoms with Crippen molar-refractivity contribution in [2.24, 2.45) is 5.92 Å². The molecule has 1 saturated heterocycles. The lowest BCUT2D eigenvalue weighted by Gasteiger charge is -2.29.